The molecule has 0 unspecified atom stereocenters. The number of benzene rings is 2. The predicted molar refractivity (Wildman–Crippen MR) is 82.8 cm³/mol. The molecule has 2 heteroatoms. The SMILES string of the molecule is CC(C)(C)c1ccc(Nc2cccc(CN)c2)cc1. The van der Waals surface area contributed by atoms with Gasteiger partial charge in [0.1, 0.15) is 0 Å². The summed E-state index contributed by atoms with van der Waals surface area (Å²) in [7, 11) is 0. The van der Waals surface area contributed by atoms with E-state index in [2.05, 4.69) is 62.5 Å². The van der Waals surface area contributed by atoms with Crippen LogP contribution in [0.15, 0.2) is 48.5 Å². The maximum Gasteiger partial charge on any atom is 0.0387 e. The number of nitrogens with one attached hydrogen (secondary N) is 1. The molecule has 0 spiro atoms. The molecule has 0 heterocycles. The number of nitrogens with two attached hydrogens (primary N) is 1. The molecule has 3 N–H and O–H groups in total. The van der Waals surface area contributed by atoms with Crippen LogP contribution in [0, 0.1) is 0 Å². The molecular weight excluding hydrogens is 232 g/mol. The predicted octanol–water partition coefficient (Wildman–Crippen LogP) is 4.19. The van der Waals surface area contributed by atoms with E-state index in [0.717, 1.165) is 16.9 Å². The van der Waals surface area contributed by atoms with Crippen LogP contribution in [0.4, 0.5) is 11.4 Å². The highest BCUT2D eigenvalue weighted by Crippen LogP contribution is 2.25. The molecule has 0 radical (unpaired) electrons. The first-order chi connectivity index (χ1) is 8.99. The number of hydrogen-bond acceptors (Lipinski definition) is 2. The zero-order valence-corrected chi connectivity index (χ0v) is 11.9. The summed E-state index contributed by atoms with van der Waals surface area (Å²) in [5, 5.41) is 3.40. The van der Waals surface area contributed by atoms with Gasteiger partial charge in [-0.1, -0.05) is 45.0 Å². The van der Waals surface area contributed by atoms with E-state index in [-0.39, 0.29) is 5.41 Å². The molecule has 2 aromatic carbocycles. The van der Waals surface area contributed by atoms with Crippen molar-refractivity contribution in [3.63, 3.8) is 0 Å². The summed E-state index contributed by atoms with van der Waals surface area (Å²) in [5.41, 5.74) is 10.5. The van der Waals surface area contributed by atoms with Crippen molar-refractivity contribution in [2.45, 2.75) is 32.7 Å². The first-order valence-electron chi connectivity index (χ1n) is 6.65. The summed E-state index contributed by atoms with van der Waals surface area (Å²) in [6, 6.07) is 16.8. The molecule has 0 amide bonds. The van der Waals surface area contributed by atoms with Gasteiger partial charge in [0.25, 0.3) is 0 Å². The van der Waals surface area contributed by atoms with Crippen LogP contribution >= 0.6 is 0 Å². The molecule has 2 aromatic rings. The fourth-order valence-electron chi connectivity index (χ4n) is 2.00. The van der Waals surface area contributed by atoms with Crippen molar-refractivity contribution in [1.29, 1.82) is 0 Å². The molecule has 0 aliphatic heterocycles. The van der Waals surface area contributed by atoms with Crippen molar-refractivity contribution in [2.75, 3.05) is 5.32 Å². The van der Waals surface area contributed by atoms with E-state index in [1.165, 1.54) is 5.56 Å². The maximum absolute atomic E-state index is 5.65. The van der Waals surface area contributed by atoms with E-state index in [1.807, 2.05) is 12.1 Å². The Morgan fingerprint density at radius 3 is 2.21 bits per heavy atom. The van der Waals surface area contributed by atoms with Crippen LogP contribution in [0.25, 0.3) is 0 Å². The molecule has 0 bridgehead atoms. The van der Waals surface area contributed by atoms with E-state index in [1.54, 1.807) is 0 Å². The van der Waals surface area contributed by atoms with Crippen molar-refractivity contribution in [1.82, 2.24) is 0 Å². The lowest BCUT2D eigenvalue weighted by Crippen LogP contribution is -2.10. The second-order valence-electron chi connectivity index (χ2n) is 5.86. The molecule has 2 rings (SSSR count). The van der Waals surface area contributed by atoms with Gasteiger partial charge in [-0.05, 0) is 40.8 Å². The minimum atomic E-state index is 0.192. The molecule has 19 heavy (non-hydrogen) atoms. The van der Waals surface area contributed by atoms with Crippen LogP contribution in [0.1, 0.15) is 31.9 Å². The summed E-state index contributed by atoms with van der Waals surface area (Å²) in [5.74, 6) is 0. The molecule has 0 fully saturated rings. The Balaban J connectivity index is 2.15. The van der Waals surface area contributed by atoms with Crippen molar-refractivity contribution < 1.29 is 0 Å². The standard InChI is InChI=1S/C17H22N2/c1-17(2,3)14-7-9-15(10-8-14)19-16-6-4-5-13(11-16)12-18/h4-11,19H,12,18H2,1-3H3. The first-order valence-corrected chi connectivity index (χ1v) is 6.65. The first kappa shape index (κ1) is 13.6. The monoisotopic (exact) mass is 254 g/mol. The van der Waals surface area contributed by atoms with Crippen LogP contribution < -0.4 is 11.1 Å². The van der Waals surface area contributed by atoms with Crippen LogP contribution in [0.2, 0.25) is 0 Å². The zero-order chi connectivity index (χ0) is 13.9. The van der Waals surface area contributed by atoms with Gasteiger partial charge in [0.05, 0.1) is 0 Å². The van der Waals surface area contributed by atoms with Crippen molar-refractivity contribution in [3.8, 4) is 0 Å². The summed E-state index contributed by atoms with van der Waals surface area (Å²) >= 11 is 0. The normalized spacial score (nSPS) is 11.4. The van der Waals surface area contributed by atoms with Crippen LogP contribution in [0.3, 0.4) is 0 Å². The molecule has 100 valence electrons. The number of hydrogen-bond donors (Lipinski definition) is 2. The third kappa shape index (κ3) is 3.58. The van der Waals surface area contributed by atoms with E-state index in [4.69, 9.17) is 5.73 Å². The third-order valence-corrected chi connectivity index (χ3v) is 3.20. The quantitative estimate of drug-likeness (QED) is 0.862. The Bertz CT molecular complexity index is 536. The van der Waals surface area contributed by atoms with E-state index >= 15 is 0 Å². The average molecular weight is 254 g/mol. The Labute approximate surface area is 115 Å². The van der Waals surface area contributed by atoms with Gasteiger partial charge < -0.3 is 11.1 Å². The molecule has 0 atom stereocenters. The van der Waals surface area contributed by atoms with Crippen LogP contribution in [0.5, 0.6) is 0 Å². The Kier molecular flexibility index (Phi) is 3.91. The summed E-state index contributed by atoms with van der Waals surface area (Å²) in [6.45, 7) is 7.24. The number of rotatable bonds is 3. The fraction of sp³-hybridized carbons (Fsp3) is 0.294. The maximum atomic E-state index is 5.65. The van der Waals surface area contributed by atoms with Crippen molar-refractivity contribution in [3.05, 3.63) is 59.7 Å². The van der Waals surface area contributed by atoms with Gasteiger partial charge in [-0.2, -0.15) is 0 Å². The fourth-order valence-corrected chi connectivity index (χ4v) is 2.00. The van der Waals surface area contributed by atoms with Gasteiger partial charge in [0.2, 0.25) is 0 Å². The Hall–Kier alpha value is -1.80. The summed E-state index contributed by atoms with van der Waals surface area (Å²) in [6.07, 6.45) is 0. The molecule has 0 aromatic heterocycles. The third-order valence-electron chi connectivity index (χ3n) is 3.20. The van der Waals surface area contributed by atoms with Crippen molar-refractivity contribution in [2.24, 2.45) is 5.73 Å². The lowest BCUT2D eigenvalue weighted by molar-refractivity contribution is 0.590. The molecule has 0 saturated carbocycles. The van der Waals surface area contributed by atoms with Gasteiger partial charge in [0, 0.05) is 17.9 Å². The minimum absolute atomic E-state index is 0.192. The largest absolute Gasteiger partial charge is 0.356 e. The molecule has 0 aliphatic carbocycles. The molecular formula is C17H22N2. The minimum Gasteiger partial charge on any atom is -0.356 e. The average Bonchev–Trinajstić information content (AvgIpc) is 2.38. The second kappa shape index (κ2) is 5.45. The number of anilines is 2. The Morgan fingerprint density at radius 2 is 1.63 bits per heavy atom. The second-order valence-corrected chi connectivity index (χ2v) is 5.86. The lowest BCUT2D eigenvalue weighted by Gasteiger charge is -2.19. The van der Waals surface area contributed by atoms with Gasteiger partial charge in [-0.25, -0.2) is 0 Å². The smallest absolute Gasteiger partial charge is 0.0387 e. The lowest BCUT2D eigenvalue weighted by atomic mass is 9.87. The van der Waals surface area contributed by atoms with E-state index in [0.29, 0.717) is 6.54 Å². The van der Waals surface area contributed by atoms with Crippen LogP contribution in [-0.2, 0) is 12.0 Å². The van der Waals surface area contributed by atoms with E-state index in [9.17, 15) is 0 Å². The van der Waals surface area contributed by atoms with Crippen molar-refractivity contribution >= 4 is 11.4 Å². The molecule has 0 aliphatic rings. The van der Waals surface area contributed by atoms with Gasteiger partial charge >= 0.3 is 0 Å². The summed E-state index contributed by atoms with van der Waals surface area (Å²) in [4.78, 5) is 0. The molecule has 0 saturated heterocycles. The summed E-state index contributed by atoms with van der Waals surface area (Å²) < 4.78 is 0. The van der Waals surface area contributed by atoms with Gasteiger partial charge in [0.15, 0.2) is 0 Å². The topological polar surface area (TPSA) is 38.0 Å². The zero-order valence-electron chi connectivity index (χ0n) is 11.9. The molecule has 2 nitrogen and oxygen atoms in total. The highest BCUT2D eigenvalue weighted by Gasteiger charge is 2.12. The Morgan fingerprint density at radius 1 is 0.947 bits per heavy atom. The van der Waals surface area contributed by atoms with Crippen LogP contribution in [-0.4, -0.2) is 0 Å². The highest BCUT2D eigenvalue weighted by atomic mass is 14.9. The van der Waals surface area contributed by atoms with Gasteiger partial charge in [-0.3, -0.25) is 0 Å². The highest BCUT2D eigenvalue weighted by molar-refractivity contribution is 5.60. The van der Waals surface area contributed by atoms with E-state index < -0.39 is 0 Å². The van der Waals surface area contributed by atoms with Gasteiger partial charge in [-0.15, -0.1) is 0 Å².